The number of para-hydroxylation sites is 1. The summed E-state index contributed by atoms with van der Waals surface area (Å²) >= 11 is 0. The number of ether oxygens (including phenoxy) is 1. The summed E-state index contributed by atoms with van der Waals surface area (Å²) in [6.07, 6.45) is 4.54. The molecule has 158 valence electrons. The Kier molecular flexibility index (Phi) is 6.86. The minimum Gasteiger partial charge on any atom is -0.496 e. The topological polar surface area (TPSA) is 105 Å². The van der Waals surface area contributed by atoms with Gasteiger partial charge in [0.2, 0.25) is 10.0 Å². The first-order valence-electron chi connectivity index (χ1n) is 9.43. The molecule has 0 unspecified atom stereocenters. The lowest BCUT2D eigenvalue weighted by atomic mass is 10.2. The Morgan fingerprint density at radius 1 is 1.00 bits per heavy atom. The van der Waals surface area contributed by atoms with Gasteiger partial charge in [-0.3, -0.25) is 20.4 Å². The van der Waals surface area contributed by atoms with Crippen molar-refractivity contribution in [2.24, 2.45) is 0 Å². The molecule has 1 aliphatic heterocycles. The SMILES string of the molecule is COc1ccccc1C=CC(=O)NNC(=O)c1ccc(S(=O)(=O)N2CCCC2)cc1. The van der Waals surface area contributed by atoms with Gasteiger partial charge in [-0.1, -0.05) is 18.2 Å². The van der Waals surface area contributed by atoms with Crippen molar-refractivity contribution < 1.29 is 22.7 Å². The molecule has 0 bridgehead atoms. The van der Waals surface area contributed by atoms with Crippen LogP contribution in [-0.2, 0) is 14.8 Å². The van der Waals surface area contributed by atoms with Crippen LogP contribution in [0.3, 0.4) is 0 Å². The van der Waals surface area contributed by atoms with Crippen molar-refractivity contribution in [3.05, 3.63) is 65.7 Å². The van der Waals surface area contributed by atoms with Gasteiger partial charge in [0.05, 0.1) is 12.0 Å². The molecular formula is C21H23N3O5S. The summed E-state index contributed by atoms with van der Waals surface area (Å²) in [6.45, 7) is 1.03. The lowest BCUT2D eigenvalue weighted by molar-refractivity contribution is -0.117. The number of hydrogen-bond acceptors (Lipinski definition) is 5. The zero-order valence-corrected chi connectivity index (χ0v) is 17.3. The second-order valence-corrected chi connectivity index (χ2v) is 8.59. The van der Waals surface area contributed by atoms with Gasteiger partial charge < -0.3 is 4.74 Å². The van der Waals surface area contributed by atoms with Gasteiger partial charge in [0.25, 0.3) is 11.8 Å². The summed E-state index contributed by atoms with van der Waals surface area (Å²) in [6, 6.07) is 12.8. The number of rotatable bonds is 6. The summed E-state index contributed by atoms with van der Waals surface area (Å²) < 4.78 is 31.7. The lowest BCUT2D eigenvalue weighted by Gasteiger charge is -2.15. The van der Waals surface area contributed by atoms with Gasteiger partial charge in [-0.15, -0.1) is 0 Å². The fourth-order valence-corrected chi connectivity index (χ4v) is 4.57. The number of methoxy groups -OCH3 is 1. The number of nitrogens with one attached hydrogen (secondary N) is 2. The number of carbonyl (C=O) groups excluding carboxylic acids is 2. The zero-order chi connectivity index (χ0) is 21.6. The quantitative estimate of drug-likeness (QED) is 0.540. The van der Waals surface area contributed by atoms with Crippen molar-refractivity contribution in [2.75, 3.05) is 20.2 Å². The van der Waals surface area contributed by atoms with Gasteiger partial charge in [-0.05, 0) is 49.2 Å². The molecule has 3 rings (SSSR count). The molecule has 0 aliphatic carbocycles. The first-order valence-corrected chi connectivity index (χ1v) is 10.9. The van der Waals surface area contributed by atoms with Crippen molar-refractivity contribution in [1.82, 2.24) is 15.2 Å². The van der Waals surface area contributed by atoms with E-state index in [1.54, 1.807) is 18.2 Å². The van der Waals surface area contributed by atoms with E-state index >= 15 is 0 Å². The minimum atomic E-state index is -3.53. The van der Waals surface area contributed by atoms with E-state index in [9.17, 15) is 18.0 Å². The van der Waals surface area contributed by atoms with Crippen LogP contribution in [0, 0.1) is 0 Å². The van der Waals surface area contributed by atoms with Crippen LogP contribution < -0.4 is 15.6 Å². The Labute approximate surface area is 175 Å². The van der Waals surface area contributed by atoms with Crippen molar-refractivity contribution in [1.29, 1.82) is 0 Å². The monoisotopic (exact) mass is 429 g/mol. The van der Waals surface area contributed by atoms with Crippen LogP contribution >= 0.6 is 0 Å². The van der Waals surface area contributed by atoms with E-state index in [-0.39, 0.29) is 10.5 Å². The van der Waals surface area contributed by atoms with Crippen molar-refractivity contribution >= 4 is 27.9 Å². The Hall–Kier alpha value is -3.17. The maximum absolute atomic E-state index is 12.5. The van der Waals surface area contributed by atoms with Gasteiger partial charge in [-0.25, -0.2) is 8.42 Å². The smallest absolute Gasteiger partial charge is 0.269 e. The second kappa shape index (κ2) is 9.55. The van der Waals surface area contributed by atoms with E-state index in [0.717, 1.165) is 18.4 Å². The summed E-state index contributed by atoms with van der Waals surface area (Å²) in [7, 11) is -2.00. The van der Waals surface area contributed by atoms with Crippen molar-refractivity contribution in [3.63, 3.8) is 0 Å². The van der Waals surface area contributed by atoms with Gasteiger partial charge in [0.15, 0.2) is 0 Å². The molecule has 0 spiro atoms. The van der Waals surface area contributed by atoms with Crippen LogP contribution in [0.15, 0.2) is 59.5 Å². The van der Waals surface area contributed by atoms with E-state index in [1.165, 1.54) is 41.8 Å². The number of hydrogen-bond donors (Lipinski definition) is 2. The van der Waals surface area contributed by atoms with Crippen LogP contribution in [-0.4, -0.2) is 44.7 Å². The molecule has 30 heavy (non-hydrogen) atoms. The number of sulfonamides is 1. The minimum absolute atomic E-state index is 0.143. The Morgan fingerprint density at radius 3 is 2.33 bits per heavy atom. The molecule has 2 aromatic rings. The summed E-state index contributed by atoms with van der Waals surface area (Å²) in [5.74, 6) is -0.462. The van der Waals surface area contributed by atoms with E-state index in [2.05, 4.69) is 10.9 Å². The summed E-state index contributed by atoms with van der Waals surface area (Å²) in [5, 5.41) is 0. The molecule has 2 N–H and O–H groups in total. The fraction of sp³-hybridized carbons (Fsp3) is 0.238. The Morgan fingerprint density at radius 2 is 1.67 bits per heavy atom. The third kappa shape index (κ3) is 5.05. The summed E-state index contributed by atoms with van der Waals surface area (Å²) in [5.41, 5.74) is 5.53. The standard InChI is InChI=1S/C21H23N3O5S/c1-29-19-7-3-2-6-16(19)10-13-20(25)22-23-21(26)17-8-11-18(12-9-17)30(27,28)24-14-4-5-15-24/h2-3,6-13H,4-5,14-15H2,1H3,(H,22,25)(H,23,26). The van der Waals surface area contributed by atoms with Crippen LogP contribution in [0.25, 0.3) is 6.08 Å². The highest BCUT2D eigenvalue weighted by Gasteiger charge is 2.27. The van der Waals surface area contributed by atoms with E-state index in [0.29, 0.717) is 18.8 Å². The average molecular weight is 429 g/mol. The first kappa shape index (κ1) is 21.5. The fourth-order valence-electron chi connectivity index (χ4n) is 3.06. The molecule has 1 heterocycles. The molecule has 1 fully saturated rings. The van der Waals surface area contributed by atoms with Gasteiger partial charge >= 0.3 is 0 Å². The number of carbonyl (C=O) groups is 2. The number of amides is 2. The van der Waals surface area contributed by atoms with Gasteiger partial charge in [0.1, 0.15) is 5.75 Å². The van der Waals surface area contributed by atoms with E-state index in [1.807, 2.05) is 12.1 Å². The van der Waals surface area contributed by atoms with Gasteiger partial charge in [-0.2, -0.15) is 4.31 Å². The Balaban J connectivity index is 1.57. The molecule has 0 saturated carbocycles. The number of nitrogens with zero attached hydrogens (tertiary/aromatic N) is 1. The van der Waals surface area contributed by atoms with Crippen LogP contribution in [0.2, 0.25) is 0 Å². The molecule has 2 aromatic carbocycles. The van der Waals surface area contributed by atoms with Crippen LogP contribution in [0.1, 0.15) is 28.8 Å². The normalized spacial score (nSPS) is 14.6. The second-order valence-electron chi connectivity index (χ2n) is 6.65. The van der Waals surface area contributed by atoms with Crippen LogP contribution in [0.4, 0.5) is 0 Å². The molecule has 1 saturated heterocycles. The highest BCUT2D eigenvalue weighted by atomic mass is 32.2. The zero-order valence-electron chi connectivity index (χ0n) is 16.5. The molecule has 8 nitrogen and oxygen atoms in total. The third-order valence-electron chi connectivity index (χ3n) is 4.67. The highest BCUT2D eigenvalue weighted by molar-refractivity contribution is 7.89. The predicted octanol–water partition coefficient (Wildman–Crippen LogP) is 1.95. The maximum Gasteiger partial charge on any atom is 0.269 e. The number of hydrazine groups is 1. The third-order valence-corrected chi connectivity index (χ3v) is 6.58. The maximum atomic E-state index is 12.5. The summed E-state index contributed by atoms with van der Waals surface area (Å²) in [4.78, 5) is 24.3. The molecular weight excluding hydrogens is 406 g/mol. The van der Waals surface area contributed by atoms with Crippen molar-refractivity contribution in [3.8, 4) is 5.75 Å². The van der Waals surface area contributed by atoms with E-state index < -0.39 is 21.8 Å². The number of benzene rings is 2. The molecule has 9 heteroatoms. The van der Waals surface area contributed by atoms with Crippen LogP contribution in [0.5, 0.6) is 5.75 Å². The predicted molar refractivity (Wildman–Crippen MR) is 112 cm³/mol. The molecule has 1 aliphatic rings. The first-order chi connectivity index (χ1) is 14.4. The molecule has 0 aromatic heterocycles. The average Bonchev–Trinajstić information content (AvgIpc) is 3.32. The lowest BCUT2D eigenvalue weighted by Crippen LogP contribution is -2.40. The highest BCUT2D eigenvalue weighted by Crippen LogP contribution is 2.21. The Bertz CT molecular complexity index is 1040. The van der Waals surface area contributed by atoms with E-state index in [4.69, 9.17) is 4.74 Å². The largest absolute Gasteiger partial charge is 0.496 e. The molecule has 2 amide bonds. The van der Waals surface area contributed by atoms with Gasteiger partial charge in [0, 0.05) is 30.3 Å². The molecule has 0 radical (unpaired) electrons. The molecule has 0 atom stereocenters. The van der Waals surface area contributed by atoms with Crippen molar-refractivity contribution in [2.45, 2.75) is 17.7 Å².